The first-order valence-electron chi connectivity index (χ1n) is 8.54. The third kappa shape index (κ3) is 6.47. The van der Waals surface area contributed by atoms with Gasteiger partial charge in [-0.1, -0.05) is 17.7 Å². The van der Waals surface area contributed by atoms with Gasteiger partial charge < -0.3 is 15.4 Å². The Kier molecular flexibility index (Phi) is 7.58. The van der Waals surface area contributed by atoms with E-state index in [-0.39, 0.29) is 22.0 Å². The summed E-state index contributed by atoms with van der Waals surface area (Å²) in [4.78, 5) is 56.5. The maximum atomic E-state index is 12.1. The van der Waals surface area contributed by atoms with Crippen molar-refractivity contribution in [3.8, 4) is 0 Å². The number of carbonyl (C=O) groups excluding carboxylic acids is 3. The van der Waals surface area contributed by atoms with Gasteiger partial charge in [-0.25, -0.2) is 4.79 Å². The zero-order chi connectivity index (χ0) is 23.1. The van der Waals surface area contributed by atoms with Gasteiger partial charge in [0.15, 0.2) is 6.61 Å². The van der Waals surface area contributed by atoms with Gasteiger partial charge in [0, 0.05) is 28.8 Å². The van der Waals surface area contributed by atoms with Crippen molar-refractivity contribution in [1.29, 1.82) is 0 Å². The summed E-state index contributed by atoms with van der Waals surface area (Å²) < 4.78 is 4.79. The molecule has 0 aliphatic carbocycles. The number of halogens is 1. The monoisotopic (exact) mass is 450 g/mol. The first-order chi connectivity index (χ1) is 14.6. The lowest BCUT2D eigenvalue weighted by atomic mass is 10.2. The molecule has 31 heavy (non-hydrogen) atoms. The van der Waals surface area contributed by atoms with Crippen LogP contribution in [0.4, 0.5) is 17.1 Å². The number of amides is 2. The van der Waals surface area contributed by atoms with Gasteiger partial charge in [-0.15, -0.1) is 0 Å². The fraction of sp³-hybridized carbons (Fsp3) is 0.167. The minimum absolute atomic E-state index is 0.0401. The van der Waals surface area contributed by atoms with Gasteiger partial charge in [-0.3, -0.25) is 29.8 Å². The van der Waals surface area contributed by atoms with E-state index >= 15 is 0 Å². The van der Waals surface area contributed by atoms with Crippen molar-refractivity contribution < 1.29 is 29.0 Å². The van der Waals surface area contributed by atoms with Gasteiger partial charge in [-0.2, -0.15) is 0 Å². The Balaban J connectivity index is 1.91. The van der Waals surface area contributed by atoms with E-state index in [1.165, 1.54) is 37.3 Å². The van der Waals surface area contributed by atoms with Gasteiger partial charge in [0.25, 0.3) is 23.2 Å². The molecule has 12 nitrogen and oxygen atoms in total. The van der Waals surface area contributed by atoms with Gasteiger partial charge in [0.2, 0.25) is 0 Å². The molecule has 2 amide bonds. The number of nitro groups is 2. The minimum atomic E-state index is -1.18. The van der Waals surface area contributed by atoms with Gasteiger partial charge >= 0.3 is 5.97 Å². The summed E-state index contributed by atoms with van der Waals surface area (Å²) in [5.74, 6) is -2.56. The zero-order valence-corrected chi connectivity index (χ0v) is 16.6. The molecule has 0 bridgehead atoms. The highest BCUT2D eigenvalue weighted by Crippen LogP contribution is 2.27. The van der Waals surface area contributed by atoms with Crippen molar-refractivity contribution >= 4 is 46.4 Å². The molecule has 0 spiro atoms. The molecule has 0 heterocycles. The zero-order valence-electron chi connectivity index (χ0n) is 15.9. The number of carbonyl (C=O) groups is 3. The van der Waals surface area contributed by atoms with E-state index in [1.807, 2.05) is 0 Å². The average Bonchev–Trinajstić information content (AvgIpc) is 2.73. The highest BCUT2D eigenvalue weighted by molar-refractivity contribution is 6.31. The number of hydrogen-bond donors (Lipinski definition) is 2. The Labute approximate surface area is 179 Å². The van der Waals surface area contributed by atoms with Crippen molar-refractivity contribution in [2.75, 3.05) is 11.9 Å². The van der Waals surface area contributed by atoms with Crippen molar-refractivity contribution in [3.63, 3.8) is 0 Å². The van der Waals surface area contributed by atoms with E-state index in [4.69, 9.17) is 16.3 Å². The van der Waals surface area contributed by atoms with Crippen LogP contribution in [0.3, 0.4) is 0 Å². The number of rotatable bonds is 8. The largest absolute Gasteiger partial charge is 0.454 e. The van der Waals surface area contributed by atoms with Gasteiger partial charge in [0.1, 0.15) is 11.7 Å². The summed E-state index contributed by atoms with van der Waals surface area (Å²) in [7, 11) is 0. The Hall–Kier alpha value is -4.06. The van der Waals surface area contributed by atoms with Crippen molar-refractivity contribution in [2.45, 2.75) is 13.0 Å². The van der Waals surface area contributed by atoms with Gasteiger partial charge in [-0.05, 0) is 25.1 Å². The smallest absolute Gasteiger partial charge is 0.328 e. The second-order valence-corrected chi connectivity index (χ2v) is 6.51. The Morgan fingerprint density at radius 1 is 1.10 bits per heavy atom. The number of ether oxygens (including phenoxy) is 1. The molecule has 0 aliphatic rings. The molecule has 2 aromatic rings. The van der Waals surface area contributed by atoms with Crippen molar-refractivity contribution in [3.05, 3.63) is 73.3 Å². The standard InChI is InChI=1S/C18H15ClN4O8/c1-10(20-17(25)11-3-2-4-13(7-11)22(27)28)18(26)31-9-16(24)21-14-6-5-12(19)8-15(14)23(29)30/h2-8,10H,9H2,1H3,(H,20,25)(H,21,24)/t10-/m0/s1. The SMILES string of the molecule is C[C@H](NC(=O)c1cccc([N+](=O)[O-])c1)C(=O)OCC(=O)Nc1ccc(Cl)cc1[N+](=O)[O-]. The molecule has 0 saturated carbocycles. The Morgan fingerprint density at radius 3 is 2.45 bits per heavy atom. The molecule has 2 rings (SSSR count). The number of hydrogen-bond acceptors (Lipinski definition) is 8. The van der Waals surface area contributed by atoms with Crippen LogP contribution in [0, 0.1) is 20.2 Å². The molecule has 162 valence electrons. The van der Waals surface area contributed by atoms with Crippen LogP contribution in [-0.2, 0) is 14.3 Å². The molecule has 1 atom stereocenters. The number of non-ortho nitro benzene ring substituents is 1. The number of esters is 1. The summed E-state index contributed by atoms with van der Waals surface area (Å²) in [5.41, 5.74) is -0.912. The number of nitrogens with zero attached hydrogens (tertiary/aromatic N) is 2. The molecular weight excluding hydrogens is 436 g/mol. The summed E-state index contributed by atoms with van der Waals surface area (Å²) in [6, 6.07) is 7.32. The predicted octanol–water partition coefficient (Wildman–Crippen LogP) is 2.46. The molecule has 0 saturated heterocycles. The van der Waals surface area contributed by atoms with E-state index < -0.39 is 46.0 Å². The van der Waals surface area contributed by atoms with Crippen LogP contribution in [0.5, 0.6) is 0 Å². The highest BCUT2D eigenvalue weighted by Gasteiger charge is 2.21. The quantitative estimate of drug-likeness (QED) is 0.350. The molecule has 0 unspecified atom stereocenters. The third-order valence-electron chi connectivity index (χ3n) is 3.80. The first kappa shape index (κ1) is 23.2. The van der Waals surface area contributed by atoms with Crippen LogP contribution >= 0.6 is 11.6 Å². The predicted molar refractivity (Wildman–Crippen MR) is 108 cm³/mol. The Morgan fingerprint density at radius 2 is 1.81 bits per heavy atom. The number of nitro benzene ring substituents is 2. The minimum Gasteiger partial charge on any atom is -0.454 e. The maximum Gasteiger partial charge on any atom is 0.328 e. The van der Waals surface area contributed by atoms with Crippen LogP contribution in [0.1, 0.15) is 17.3 Å². The fourth-order valence-corrected chi connectivity index (χ4v) is 2.48. The summed E-state index contributed by atoms with van der Waals surface area (Å²) in [5, 5.41) is 26.4. The number of nitrogens with one attached hydrogen (secondary N) is 2. The lowest BCUT2D eigenvalue weighted by Crippen LogP contribution is -2.40. The van der Waals surface area contributed by atoms with E-state index in [0.29, 0.717) is 0 Å². The first-order valence-corrected chi connectivity index (χ1v) is 8.92. The molecule has 0 fully saturated rings. The number of anilines is 1. The average molecular weight is 451 g/mol. The molecular formula is C18H15ClN4O8. The van der Waals surface area contributed by atoms with Crippen LogP contribution in [0.2, 0.25) is 5.02 Å². The van der Waals surface area contributed by atoms with E-state index in [9.17, 15) is 34.6 Å². The van der Waals surface area contributed by atoms with Crippen molar-refractivity contribution in [1.82, 2.24) is 5.32 Å². The van der Waals surface area contributed by atoms with Gasteiger partial charge in [0.05, 0.1) is 9.85 Å². The fourth-order valence-electron chi connectivity index (χ4n) is 2.31. The molecule has 2 aromatic carbocycles. The molecule has 13 heteroatoms. The number of benzene rings is 2. The lowest BCUT2D eigenvalue weighted by Gasteiger charge is -2.13. The van der Waals surface area contributed by atoms with Crippen LogP contribution in [0.15, 0.2) is 42.5 Å². The van der Waals surface area contributed by atoms with Crippen LogP contribution < -0.4 is 10.6 Å². The normalized spacial score (nSPS) is 11.2. The van der Waals surface area contributed by atoms with Crippen LogP contribution in [-0.4, -0.2) is 40.3 Å². The Bertz CT molecular complexity index is 1060. The summed E-state index contributed by atoms with van der Waals surface area (Å²) >= 11 is 5.69. The second-order valence-electron chi connectivity index (χ2n) is 6.08. The molecule has 0 aromatic heterocycles. The third-order valence-corrected chi connectivity index (χ3v) is 4.03. The van der Waals surface area contributed by atoms with E-state index in [1.54, 1.807) is 0 Å². The van der Waals surface area contributed by atoms with Crippen LogP contribution in [0.25, 0.3) is 0 Å². The lowest BCUT2D eigenvalue weighted by molar-refractivity contribution is -0.384. The summed E-state index contributed by atoms with van der Waals surface area (Å²) in [6.45, 7) is 0.523. The molecule has 2 N–H and O–H groups in total. The molecule has 0 aliphatic heterocycles. The maximum absolute atomic E-state index is 12.1. The van der Waals surface area contributed by atoms with Crippen molar-refractivity contribution in [2.24, 2.45) is 0 Å². The highest BCUT2D eigenvalue weighted by atomic mass is 35.5. The van der Waals surface area contributed by atoms with E-state index in [2.05, 4.69) is 10.6 Å². The summed E-state index contributed by atoms with van der Waals surface area (Å²) in [6.07, 6.45) is 0. The second kappa shape index (κ2) is 10.1. The topological polar surface area (TPSA) is 171 Å². The van der Waals surface area contributed by atoms with E-state index in [0.717, 1.165) is 12.1 Å². The molecule has 0 radical (unpaired) electrons.